The van der Waals surface area contributed by atoms with Gasteiger partial charge in [-0.2, -0.15) is 26.3 Å². The van der Waals surface area contributed by atoms with Crippen LogP contribution in [0.25, 0.3) is 0 Å². The second kappa shape index (κ2) is 13.1. The van der Waals surface area contributed by atoms with Crippen molar-refractivity contribution in [3.8, 4) is 11.5 Å². The number of piperazine rings is 1. The van der Waals surface area contributed by atoms with Crippen molar-refractivity contribution in [1.82, 2.24) is 19.8 Å². The van der Waals surface area contributed by atoms with E-state index < -0.39 is 23.9 Å². The standard InChI is InChI=1S/C23H22F3N5O2.C2HF3O2/c24-23(25,26)18-4-2-6-20(14-18)33-19-5-1-3-17(13-19)16-30-9-11-31(12-10-30)22(32)29-21-15-27-7-8-28-21;3-2(4,5)1(6)7/h1-8,13-15H,9-12,16H2,(H,28,29,32);(H,6,7). The van der Waals surface area contributed by atoms with Crippen LogP contribution in [-0.4, -0.2) is 69.2 Å². The molecule has 0 aliphatic carbocycles. The fourth-order valence-electron chi connectivity index (χ4n) is 3.50. The molecule has 40 heavy (non-hydrogen) atoms. The van der Waals surface area contributed by atoms with Crippen LogP contribution in [0.1, 0.15) is 11.1 Å². The molecule has 1 fully saturated rings. The van der Waals surface area contributed by atoms with Gasteiger partial charge in [0.05, 0.1) is 11.8 Å². The van der Waals surface area contributed by atoms with Gasteiger partial charge in [0.15, 0.2) is 5.82 Å². The van der Waals surface area contributed by atoms with Gasteiger partial charge in [0.1, 0.15) is 11.5 Å². The van der Waals surface area contributed by atoms with Gasteiger partial charge in [0.2, 0.25) is 0 Å². The predicted octanol–water partition coefficient (Wildman–Crippen LogP) is 5.27. The van der Waals surface area contributed by atoms with E-state index in [4.69, 9.17) is 14.6 Å². The zero-order valence-corrected chi connectivity index (χ0v) is 20.6. The van der Waals surface area contributed by atoms with Crippen LogP contribution >= 0.6 is 0 Å². The number of amides is 2. The SMILES string of the molecule is O=C(Nc1cnccn1)N1CCN(Cc2cccc(Oc3cccc(C(F)(F)F)c3)c2)CC1.O=C(O)C(F)(F)F. The molecule has 1 aliphatic rings. The smallest absolute Gasteiger partial charge is 0.475 e. The van der Waals surface area contributed by atoms with Crippen LogP contribution in [0.3, 0.4) is 0 Å². The Morgan fingerprint density at radius 1 is 0.925 bits per heavy atom. The van der Waals surface area contributed by atoms with Crippen molar-refractivity contribution in [2.45, 2.75) is 18.9 Å². The Kier molecular flexibility index (Phi) is 9.87. The van der Waals surface area contributed by atoms with Crippen LogP contribution in [0.15, 0.2) is 67.1 Å². The minimum atomic E-state index is -5.08. The summed E-state index contributed by atoms with van der Waals surface area (Å²) < 4.78 is 76.2. The molecule has 2 heterocycles. The van der Waals surface area contributed by atoms with Crippen LogP contribution < -0.4 is 10.1 Å². The van der Waals surface area contributed by atoms with Gasteiger partial charge >= 0.3 is 24.4 Å². The molecule has 0 bridgehead atoms. The molecule has 1 aliphatic heterocycles. The summed E-state index contributed by atoms with van der Waals surface area (Å²) in [7, 11) is 0. The fourth-order valence-corrected chi connectivity index (χ4v) is 3.50. The number of benzene rings is 2. The first-order valence-electron chi connectivity index (χ1n) is 11.6. The maximum atomic E-state index is 12.9. The third kappa shape index (κ3) is 9.41. The van der Waals surface area contributed by atoms with E-state index in [1.54, 1.807) is 11.0 Å². The second-order valence-electron chi connectivity index (χ2n) is 8.36. The van der Waals surface area contributed by atoms with Crippen molar-refractivity contribution in [2.75, 3.05) is 31.5 Å². The molecule has 0 spiro atoms. The number of halogens is 6. The van der Waals surface area contributed by atoms with Gasteiger partial charge in [0, 0.05) is 45.1 Å². The number of carboxylic acid groups (broad SMARTS) is 1. The largest absolute Gasteiger partial charge is 0.490 e. The topological polar surface area (TPSA) is 108 Å². The van der Waals surface area contributed by atoms with E-state index in [1.165, 1.54) is 30.7 Å². The predicted molar refractivity (Wildman–Crippen MR) is 130 cm³/mol. The first-order chi connectivity index (χ1) is 18.8. The lowest BCUT2D eigenvalue weighted by Gasteiger charge is -2.34. The van der Waals surface area contributed by atoms with Gasteiger partial charge in [-0.15, -0.1) is 0 Å². The van der Waals surface area contributed by atoms with Gasteiger partial charge < -0.3 is 14.7 Å². The average molecular weight is 571 g/mol. The highest BCUT2D eigenvalue weighted by atomic mass is 19.4. The number of alkyl halides is 6. The van der Waals surface area contributed by atoms with Crippen LogP contribution in [0, 0.1) is 0 Å². The quantitative estimate of drug-likeness (QED) is 0.402. The average Bonchev–Trinajstić information content (AvgIpc) is 2.89. The first kappa shape index (κ1) is 30.1. The highest BCUT2D eigenvalue weighted by Crippen LogP contribution is 2.33. The Morgan fingerprint density at radius 2 is 1.55 bits per heavy atom. The van der Waals surface area contributed by atoms with E-state index in [-0.39, 0.29) is 11.8 Å². The molecule has 2 aromatic carbocycles. The molecule has 2 N–H and O–H groups in total. The van der Waals surface area contributed by atoms with E-state index >= 15 is 0 Å². The number of hydrogen-bond acceptors (Lipinski definition) is 6. The molecule has 0 unspecified atom stereocenters. The number of nitrogens with zero attached hydrogens (tertiary/aromatic N) is 4. The van der Waals surface area contributed by atoms with Gasteiger partial charge in [-0.25, -0.2) is 14.6 Å². The summed E-state index contributed by atoms with van der Waals surface area (Å²) in [5.41, 5.74) is 0.217. The number of urea groups is 1. The maximum absolute atomic E-state index is 12.9. The van der Waals surface area contributed by atoms with Crippen molar-refractivity contribution < 1.29 is 45.8 Å². The lowest BCUT2D eigenvalue weighted by molar-refractivity contribution is -0.192. The minimum absolute atomic E-state index is 0.129. The molecular formula is C25H23F6N5O4. The number of carbonyl (C=O) groups is 2. The Labute approximate surface area is 224 Å². The lowest BCUT2D eigenvalue weighted by Crippen LogP contribution is -2.49. The normalized spacial score (nSPS) is 14.1. The number of nitrogens with one attached hydrogen (secondary N) is 1. The molecule has 9 nitrogen and oxygen atoms in total. The molecule has 1 saturated heterocycles. The highest BCUT2D eigenvalue weighted by Gasteiger charge is 2.38. The summed E-state index contributed by atoms with van der Waals surface area (Å²) in [4.78, 5) is 33.2. The van der Waals surface area contributed by atoms with E-state index in [0.29, 0.717) is 44.3 Å². The summed E-state index contributed by atoms with van der Waals surface area (Å²) in [5, 5.41) is 9.85. The molecular weight excluding hydrogens is 548 g/mol. The zero-order valence-electron chi connectivity index (χ0n) is 20.6. The number of aromatic nitrogens is 2. The summed E-state index contributed by atoms with van der Waals surface area (Å²) in [6.07, 6.45) is -4.97. The summed E-state index contributed by atoms with van der Waals surface area (Å²) in [5.74, 6) is -1.76. The van der Waals surface area contributed by atoms with Crippen LogP contribution in [0.5, 0.6) is 11.5 Å². The van der Waals surface area contributed by atoms with E-state index in [9.17, 15) is 31.1 Å². The summed E-state index contributed by atoms with van der Waals surface area (Å²) in [6, 6.07) is 11.9. The molecule has 0 radical (unpaired) electrons. The fraction of sp³-hybridized carbons (Fsp3) is 0.280. The third-order valence-corrected chi connectivity index (χ3v) is 5.40. The number of ether oxygens (including phenoxy) is 1. The molecule has 0 atom stereocenters. The van der Waals surface area contributed by atoms with Crippen molar-refractivity contribution >= 4 is 17.8 Å². The number of carbonyl (C=O) groups excluding carboxylic acids is 1. The number of anilines is 1. The number of rotatable bonds is 5. The van der Waals surface area contributed by atoms with Crippen molar-refractivity contribution in [3.05, 3.63) is 78.2 Å². The van der Waals surface area contributed by atoms with E-state index in [2.05, 4.69) is 20.2 Å². The Bertz CT molecular complexity index is 1280. The van der Waals surface area contributed by atoms with Crippen LogP contribution in [0.2, 0.25) is 0 Å². The molecule has 4 rings (SSSR count). The summed E-state index contributed by atoms with van der Waals surface area (Å²) >= 11 is 0. The molecule has 1 aromatic heterocycles. The van der Waals surface area contributed by atoms with Gasteiger partial charge in [-0.1, -0.05) is 18.2 Å². The first-order valence-corrected chi connectivity index (χ1v) is 11.6. The monoisotopic (exact) mass is 571 g/mol. The van der Waals surface area contributed by atoms with Crippen LogP contribution in [-0.2, 0) is 17.5 Å². The van der Waals surface area contributed by atoms with Crippen molar-refractivity contribution in [1.29, 1.82) is 0 Å². The number of carboxylic acids is 1. The number of hydrogen-bond donors (Lipinski definition) is 2. The summed E-state index contributed by atoms with van der Waals surface area (Å²) in [6.45, 7) is 3.14. The molecule has 214 valence electrons. The molecule has 2 amide bonds. The van der Waals surface area contributed by atoms with E-state index in [0.717, 1.165) is 17.7 Å². The minimum Gasteiger partial charge on any atom is -0.475 e. The Hall–Kier alpha value is -4.40. The van der Waals surface area contributed by atoms with Crippen LogP contribution in [0.4, 0.5) is 37.0 Å². The Morgan fingerprint density at radius 3 is 2.12 bits per heavy atom. The highest BCUT2D eigenvalue weighted by molar-refractivity contribution is 5.88. The zero-order chi connectivity index (χ0) is 29.3. The van der Waals surface area contributed by atoms with Gasteiger partial charge in [-0.05, 0) is 35.9 Å². The molecule has 3 aromatic rings. The van der Waals surface area contributed by atoms with Gasteiger partial charge in [-0.3, -0.25) is 15.2 Å². The lowest BCUT2D eigenvalue weighted by atomic mass is 10.2. The van der Waals surface area contributed by atoms with Gasteiger partial charge in [0.25, 0.3) is 0 Å². The molecule has 15 heteroatoms. The number of aliphatic carboxylic acids is 1. The maximum Gasteiger partial charge on any atom is 0.490 e. The third-order valence-electron chi connectivity index (χ3n) is 5.40. The second-order valence-corrected chi connectivity index (χ2v) is 8.36. The van der Waals surface area contributed by atoms with E-state index in [1.807, 2.05) is 18.2 Å². The Balaban J connectivity index is 0.000000559. The van der Waals surface area contributed by atoms with Crippen molar-refractivity contribution in [3.63, 3.8) is 0 Å². The van der Waals surface area contributed by atoms with Crippen molar-refractivity contribution in [2.24, 2.45) is 0 Å². The molecule has 0 saturated carbocycles.